The van der Waals surface area contributed by atoms with Crippen LogP contribution in [0.2, 0.25) is 0 Å². The Bertz CT molecular complexity index is 1390. The normalized spacial score (nSPS) is 15.5. The largest absolute Gasteiger partial charge is 0.418 e. The van der Waals surface area contributed by atoms with Crippen LogP contribution in [0.5, 0.6) is 0 Å². The Morgan fingerprint density at radius 1 is 1.12 bits per heavy atom. The average Bonchev–Trinajstić information content (AvgIpc) is 3.60. The number of fused-ring (bicyclic) bond motifs is 2. The van der Waals surface area contributed by atoms with Gasteiger partial charge in [0.1, 0.15) is 0 Å². The molecule has 2 N–H and O–H groups in total. The number of hydrogen-bond acceptors (Lipinski definition) is 8. The van der Waals surface area contributed by atoms with E-state index < -0.39 is 0 Å². The number of rotatable bonds is 4. The molecule has 0 aliphatic carbocycles. The number of morpholine rings is 1. The van der Waals surface area contributed by atoms with Gasteiger partial charge in [-0.2, -0.15) is 0 Å². The van der Waals surface area contributed by atoms with Crippen LogP contribution in [-0.2, 0) is 11.3 Å². The molecule has 0 radical (unpaired) electrons. The predicted octanol–water partition coefficient (Wildman–Crippen LogP) is 1.84. The van der Waals surface area contributed by atoms with E-state index in [9.17, 15) is 9.59 Å². The summed E-state index contributed by atoms with van der Waals surface area (Å²) in [6, 6.07) is 5.85. The first-order valence-corrected chi connectivity index (χ1v) is 10.5. The maximum atomic E-state index is 12.6. The van der Waals surface area contributed by atoms with E-state index in [1.54, 1.807) is 17.3 Å². The van der Waals surface area contributed by atoms with Gasteiger partial charge in [0.05, 0.1) is 31.3 Å². The third-order valence-electron chi connectivity index (χ3n) is 5.75. The highest BCUT2D eigenvalue weighted by Gasteiger charge is 2.23. The molecule has 33 heavy (non-hydrogen) atoms. The molecule has 0 saturated carbocycles. The number of anilines is 2. The molecule has 6 rings (SSSR count). The average molecular weight is 445 g/mol. The summed E-state index contributed by atoms with van der Waals surface area (Å²) >= 11 is 0. The SMILES string of the molecule is O=C1NCc2cc(-c3cnc(Nc4ncc(C(=O)N5CCOCC5)o4)c4nccn34)ccc21. The van der Waals surface area contributed by atoms with Crippen molar-refractivity contribution in [3.63, 3.8) is 0 Å². The highest BCUT2D eigenvalue weighted by molar-refractivity contribution is 5.99. The van der Waals surface area contributed by atoms with Gasteiger partial charge in [-0.3, -0.25) is 19.3 Å². The fourth-order valence-electron chi connectivity index (χ4n) is 4.07. The van der Waals surface area contributed by atoms with E-state index in [1.807, 2.05) is 28.8 Å². The molecule has 4 aromatic rings. The summed E-state index contributed by atoms with van der Waals surface area (Å²) in [5, 5.41) is 5.84. The maximum absolute atomic E-state index is 12.6. The number of nitrogens with zero attached hydrogens (tertiary/aromatic N) is 5. The maximum Gasteiger partial charge on any atom is 0.301 e. The summed E-state index contributed by atoms with van der Waals surface area (Å²) < 4.78 is 12.8. The number of imidazole rings is 1. The summed E-state index contributed by atoms with van der Waals surface area (Å²) in [6.07, 6.45) is 6.62. The zero-order valence-electron chi connectivity index (χ0n) is 17.4. The number of benzene rings is 1. The lowest BCUT2D eigenvalue weighted by Crippen LogP contribution is -2.40. The van der Waals surface area contributed by atoms with E-state index in [0.29, 0.717) is 49.9 Å². The molecule has 2 aliphatic rings. The van der Waals surface area contributed by atoms with E-state index >= 15 is 0 Å². The third kappa shape index (κ3) is 3.38. The van der Waals surface area contributed by atoms with Crippen molar-refractivity contribution in [2.45, 2.75) is 6.54 Å². The number of carbonyl (C=O) groups excluding carboxylic acids is 2. The molecular formula is C22H19N7O4. The van der Waals surface area contributed by atoms with E-state index in [2.05, 4.69) is 25.6 Å². The number of aromatic nitrogens is 4. The van der Waals surface area contributed by atoms with Crippen molar-refractivity contribution in [1.29, 1.82) is 0 Å². The van der Waals surface area contributed by atoms with Crippen molar-refractivity contribution in [3.05, 3.63) is 59.9 Å². The van der Waals surface area contributed by atoms with Gasteiger partial charge in [0, 0.05) is 43.2 Å². The predicted molar refractivity (Wildman–Crippen MR) is 116 cm³/mol. The minimum absolute atomic E-state index is 0.0561. The number of nitrogens with one attached hydrogen (secondary N) is 2. The van der Waals surface area contributed by atoms with Crippen molar-refractivity contribution in [2.24, 2.45) is 0 Å². The van der Waals surface area contributed by atoms with E-state index in [0.717, 1.165) is 16.8 Å². The van der Waals surface area contributed by atoms with E-state index in [4.69, 9.17) is 9.15 Å². The lowest BCUT2D eigenvalue weighted by molar-refractivity contribution is 0.0283. The van der Waals surface area contributed by atoms with Gasteiger partial charge in [-0.15, -0.1) is 0 Å². The molecule has 2 aliphatic heterocycles. The first-order valence-electron chi connectivity index (χ1n) is 10.5. The lowest BCUT2D eigenvalue weighted by atomic mass is 10.0. The fourth-order valence-corrected chi connectivity index (χ4v) is 4.07. The van der Waals surface area contributed by atoms with Crippen LogP contribution in [0.1, 0.15) is 26.5 Å². The molecule has 1 aromatic carbocycles. The fraction of sp³-hybridized carbons (Fsp3) is 0.227. The Morgan fingerprint density at radius 3 is 2.88 bits per heavy atom. The molecule has 0 atom stereocenters. The molecular weight excluding hydrogens is 426 g/mol. The summed E-state index contributed by atoms with van der Waals surface area (Å²) in [4.78, 5) is 39.2. The summed E-state index contributed by atoms with van der Waals surface area (Å²) in [6.45, 7) is 2.57. The monoisotopic (exact) mass is 445 g/mol. The van der Waals surface area contributed by atoms with Crippen LogP contribution in [0.25, 0.3) is 16.9 Å². The zero-order chi connectivity index (χ0) is 22.4. The Balaban J connectivity index is 1.28. The molecule has 0 spiro atoms. The van der Waals surface area contributed by atoms with Gasteiger partial charge in [-0.05, 0) is 17.7 Å². The van der Waals surface area contributed by atoms with E-state index in [1.165, 1.54) is 6.20 Å². The number of hydrogen-bond donors (Lipinski definition) is 2. The first-order chi connectivity index (χ1) is 16.2. The second kappa shape index (κ2) is 7.71. The second-order valence-electron chi connectivity index (χ2n) is 7.73. The molecule has 3 aromatic heterocycles. The van der Waals surface area contributed by atoms with E-state index in [-0.39, 0.29) is 23.6 Å². The molecule has 0 bridgehead atoms. The summed E-state index contributed by atoms with van der Waals surface area (Å²) in [5.74, 6) is 0.308. The Labute approximate surface area is 187 Å². The lowest BCUT2D eigenvalue weighted by Gasteiger charge is -2.25. The van der Waals surface area contributed by atoms with Crippen LogP contribution in [0, 0.1) is 0 Å². The smallest absolute Gasteiger partial charge is 0.301 e. The third-order valence-corrected chi connectivity index (χ3v) is 5.75. The minimum Gasteiger partial charge on any atom is -0.418 e. The molecule has 0 unspecified atom stereocenters. The van der Waals surface area contributed by atoms with Crippen LogP contribution in [0.15, 0.2) is 47.4 Å². The molecule has 11 heteroatoms. The van der Waals surface area contributed by atoms with Crippen LogP contribution in [0.3, 0.4) is 0 Å². The molecule has 11 nitrogen and oxygen atoms in total. The first kappa shape index (κ1) is 19.4. The summed E-state index contributed by atoms with van der Waals surface area (Å²) in [5.41, 5.74) is 3.96. The van der Waals surface area contributed by atoms with Crippen molar-refractivity contribution >= 4 is 29.3 Å². The molecule has 2 amide bonds. The van der Waals surface area contributed by atoms with Crippen LogP contribution in [0.4, 0.5) is 11.8 Å². The minimum atomic E-state index is -0.224. The number of ether oxygens (including phenoxy) is 1. The van der Waals surface area contributed by atoms with Gasteiger partial charge >= 0.3 is 6.01 Å². The van der Waals surface area contributed by atoms with Crippen molar-refractivity contribution in [1.82, 2.24) is 29.6 Å². The van der Waals surface area contributed by atoms with Crippen LogP contribution >= 0.6 is 0 Å². The van der Waals surface area contributed by atoms with Crippen molar-refractivity contribution in [2.75, 3.05) is 31.6 Å². The molecule has 5 heterocycles. The second-order valence-corrected chi connectivity index (χ2v) is 7.73. The van der Waals surface area contributed by atoms with Gasteiger partial charge in [0.25, 0.3) is 11.8 Å². The van der Waals surface area contributed by atoms with Gasteiger partial charge in [0.2, 0.25) is 5.76 Å². The zero-order valence-corrected chi connectivity index (χ0v) is 17.4. The highest BCUT2D eigenvalue weighted by atomic mass is 16.5. The number of carbonyl (C=O) groups is 2. The van der Waals surface area contributed by atoms with Crippen molar-refractivity contribution < 1.29 is 18.7 Å². The van der Waals surface area contributed by atoms with Gasteiger partial charge in [-0.25, -0.2) is 15.0 Å². The Morgan fingerprint density at radius 2 is 2.00 bits per heavy atom. The number of oxazole rings is 1. The van der Waals surface area contributed by atoms with Gasteiger partial charge in [0.15, 0.2) is 11.5 Å². The van der Waals surface area contributed by atoms with Gasteiger partial charge in [-0.1, -0.05) is 6.07 Å². The van der Waals surface area contributed by atoms with Crippen LogP contribution < -0.4 is 10.6 Å². The topological polar surface area (TPSA) is 127 Å². The van der Waals surface area contributed by atoms with Crippen molar-refractivity contribution in [3.8, 4) is 11.3 Å². The number of amides is 2. The Hall–Kier alpha value is -4.25. The van der Waals surface area contributed by atoms with Crippen LogP contribution in [-0.4, -0.2) is 62.4 Å². The Kier molecular flexibility index (Phi) is 4.54. The summed E-state index contributed by atoms with van der Waals surface area (Å²) in [7, 11) is 0. The highest BCUT2D eigenvalue weighted by Crippen LogP contribution is 2.28. The quantitative estimate of drug-likeness (QED) is 0.487. The molecule has 166 valence electrons. The standard InChI is InChI=1S/C22H19N7O4/c30-20-15-2-1-13(9-14(15)10-25-20)16-11-24-18(19-23-3-4-29(16)19)27-22-26-12-17(33-22)21(31)28-5-7-32-8-6-28/h1-4,9,11-12H,5-8,10H2,(H,25,30)(H,24,26,27). The molecule has 1 fully saturated rings. The molecule has 1 saturated heterocycles. The van der Waals surface area contributed by atoms with Gasteiger partial charge < -0.3 is 19.4 Å².